The van der Waals surface area contributed by atoms with E-state index in [4.69, 9.17) is 20.9 Å². The number of carbonyl (C=O) groups excluding carboxylic acids is 2. The third kappa shape index (κ3) is 4.68. The topological polar surface area (TPSA) is 105 Å². The molecular formula is C16H14N2O4. The van der Waals surface area contributed by atoms with E-state index < -0.39 is 11.9 Å². The molecule has 6 nitrogen and oxygen atoms in total. The summed E-state index contributed by atoms with van der Waals surface area (Å²) >= 11 is 0. The molecule has 4 N–H and O–H groups in total. The molecule has 0 atom stereocenters. The maximum Gasteiger partial charge on any atom is 0.336 e. The van der Waals surface area contributed by atoms with Gasteiger partial charge in [0.15, 0.2) is 0 Å². The van der Waals surface area contributed by atoms with Crippen LogP contribution in [0.2, 0.25) is 0 Å². The average molecular weight is 298 g/mol. The van der Waals surface area contributed by atoms with Gasteiger partial charge in [-0.1, -0.05) is 12.1 Å². The van der Waals surface area contributed by atoms with Crippen LogP contribution in [0.1, 0.15) is 0 Å². The minimum atomic E-state index is -0.713. The maximum atomic E-state index is 11.6. The minimum absolute atomic E-state index is 0.291. The zero-order chi connectivity index (χ0) is 15.9. The van der Waals surface area contributed by atoms with Gasteiger partial charge in [-0.15, -0.1) is 0 Å². The van der Waals surface area contributed by atoms with Crippen molar-refractivity contribution in [1.82, 2.24) is 0 Å². The zero-order valence-electron chi connectivity index (χ0n) is 11.6. The Kier molecular flexibility index (Phi) is 4.77. The molecule has 6 heteroatoms. The number of rotatable bonds is 4. The Morgan fingerprint density at radius 3 is 1.55 bits per heavy atom. The average Bonchev–Trinajstić information content (AvgIpc) is 2.45. The fourth-order valence-electron chi connectivity index (χ4n) is 1.59. The van der Waals surface area contributed by atoms with Crippen molar-refractivity contribution in [3.05, 3.63) is 60.7 Å². The first kappa shape index (κ1) is 15.1. The van der Waals surface area contributed by atoms with Crippen LogP contribution in [0, 0.1) is 0 Å². The van der Waals surface area contributed by atoms with Gasteiger partial charge < -0.3 is 20.9 Å². The largest absolute Gasteiger partial charge is 0.423 e. The van der Waals surface area contributed by atoms with Crippen molar-refractivity contribution < 1.29 is 19.1 Å². The molecule has 0 aliphatic heterocycles. The second-order valence-corrected chi connectivity index (χ2v) is 4.32. The third-order valence-electron chi connectivity index (χ3n) is 2.51. The maximum absolute atomic E-state index is 11.6. The van der Waals surface area contributed by atoms with E-state index in [0.29, 0.717) is 22.9 Å². The number of anilines is 2. The van der Waals surface area contributed by atoms with Gasteiger partial charge in [-0.05, 0) is 24.3 Å². The molecule has 0 saturated heterocycles. The first-order valence-corrected chi connectivity index (χ1v) is 6.36. The molecule has 0 fully saturated rings. The van der Waals surface area contributed by atoms with Gasteiger partial charge in [-0.25, -0.2) is 9.59 Å². The van der Waals surface area contributed by atoms with Gasteiger partial charge in [0, 0.05) is 35.7 Å². The molecule has 0 radical (unpaired) electrons. The zero-order valence-corrected chi connectivity index (χ0v) is 11.6. The smallest absolute Gasteiger partial charge is 0.336 e. The van der Waals surface area contributed by atoms with Gasteiger partial charge in [-0.3, -0.25) is 0 Å². The molecule has 2 aromatic rings. The second kappa shape index (κ2) is 6.94. The van der Waals surface area contributed by atoms with E-state index in [-0.39, 0.29) is 0 Å². The van der Waals surface area contributed by atoms with Crippen LogP contribution in [0.4, 0.5) is 11.4 Å². The van der Waals surface area contributed by atoms with E-state index in [2.05, 4.69) is 0 Å². The van der Waals surface area contributed by atoms with Crippen LogP contribution in [0.5, 0.6) is 11.5 Å². The van der Waals surface area contributed by atoms with E-state index in [1.807, 2.05) is 0 Å². The van der Waals surface area contributed by atoms with Crippen LogP contribution >= 0.6 is 0 Å². The van der Waals surface area contributed by atoms with Gasteiger partial charge in [0.25, 0.3) is 0 Å². The predicted molar refractivity (Wildman–Crippen MR) is 82.1 cm³/mol. The van der Waals surface area contributed by atoms with Gasteiger partial charge in [-0.2, -0.15) is 0 Å². The second-order valence-electron chi connectivity index (χ2n) is 4.32. The number of esters is 2. The number of nitrogens with two attached hydrogens (primary N) is 2. The number of hydrogen-bond acceptors (Lipinski definition) is 6. The van der Waals surface area contributed by atoms with Gasteiger partial charge >= 0.3 is 11.9 Å². The van der Waals surface area contributed by atoms with Crippen molar-refractivity contribution in [2.75, 3.05) is 11.5 Å². The van der Waals surface area contributed by atoms with E-state index in [9.17, 15) is 9.59 Å². The Morgan fingerprint density at radius 1 is 0.773 bits per heavy atom. The summed E-state index contributed by atoms with van der Waals surface area (Å²) in [6, 6.07) is 12.8. The van der Waals surface area contributed by atoms with Crippen molar-refractivity contribution in [3.63, 3.8) is 0 Å². The molecule has 0 aromatic heterocycles. The Bertz CT molecular complexity index is 664. The fourth-order valence-corrected chi connectivity index (χ4v) is 1.59. The molecule has 0 unspecified atom stereocenters. The van der Waals surface area contributed by atoms with Gasteiger partial charge in [0.05, 0.1) is 0 Å². The van der Waals surface area contributed by atoms with Crippen molar-refractivity contribution in [1.29, 1.82) is 0 Å². The van der Waals surface area contributed by atoms with Crippen molar-refractivity contribution in [2.24, 2.45) is 0 Å². The molecule has 22 heavy (non-hydrogen) atoms. The highest BCUT2D eigenvalue weighted by Crippen LogP contribution is 2.15. The number of hydrogen-bond donors (Lipinski definition) is 2. The molecule has 0 saturated carbocycles. The van der Waals surface area contributed by atoms with Crippen LogP contribution in [0.15, 0.2) is 60.7 Å². The lowest BCUT2D eigenvalue weighted by atomic mass is 10.3. The number of nitrogen functional groups attached to an aromatic ring is 2. The summed E-state index contributed by atoms with van der Waals surface area (Å²) in [5.74, 6) is -0.844. The summed E-state index contributed by atoms with van der Waals surface area (Å²) in [5, 5.41) is 0. The molecular weight excluding hydrogens is 284 g/mol. The lowest BCUT2D eigenvalue weighted by Gasteiger charge is -2.02. The molecule has 0 amide bonds. The first-order chi connectivity index (χ1) is 10.5. The minimum Gasteiger partial charge on any atom is -0.423 e. The van der Waals surface area contributed by atoms with E-state index in [1.165, 1.54) is 12.1 Å². The van der Waals surface area contributed by atoms with E-state index >= 15 is 0 Å². The van der Waals surface area contributed by atoms with Crippen LogP contribution in [0.3, 0.4) is 0 Å². The van der Waals surface area contributed by atoms with Gasteiger partial charge in [0.2, 0.25) is 0 Å². The normalized spacial score (nSPS) is 10.4. The quantitative estimate of drug-likeness (QED) is 0.387. The summed E-state index contributed by atoms with van der Waals surface area (Å²) in [6.45, 7) is 0. The Balaban J connectivity index is 1.90. The standard InChI is InChI=1S/C16H14N2O4/c17-11-3-1-5-13(9-11)21-15(19)7-8-16(20)22-14-6-2-4-12(18)10-14/h1-10H,17-18H2/b8-7+. The molecule has 112 valence electrons. The summed E-state index contributed by atoms with van der Waals surface area (Å²) in [5.41, 5.74) is 12.1. The Morgan fingerprint density at radius 2 is 1.18 bits per heavy atom. The highest BCUT2D eigenvalue weighted by Gasteiger charge is 2.04. The lowest BCUT2D eigenvalue weighted by Crippen LogP contribution is -2.08. The lowest BCUT2D eigenvalue weighted by molar-refractivity contribution is -0.131. The monoisotopic (exact) mass is 298 g/mol. The highest BCUT2D eigenvalue weighted by molar-refractivity contribution is 5.93. The van der Waals surface area contributed by atoms with Crippen LogP contribution in [-0.2, 0) is 9.59 Å². The van der Waals surface area contributed by atoms with Crippen molar-refractivity contribution >= 4 is 23.3 Å². The molecule has 2 aromatic carbocycles. The van der Waals surface area contributed by atoms with Crippen LogP contribution < -0.4 is 20.9 Å². The fraction of sp³-hybridized carbons (Fsp3) is 0. The molecule has 0 spiro atoms. The predicted octanol–water partition coefficient (Wildman–Crippen LogP) is 1.92. The summed E-state index contributed by atoms with van der Waals surface area (Å²) in [4.78, 5) is 23.1. The molecule has 0 aliphatic rings. The third-order valence-corrected chi connectivity index (χ3v) is 2.51. The molecule has 2 rings (SSSR count). The number of carbonyl (C=O) groups is 2. The van der Waals surface area contributed by atoms with E-state index in [1.54, 1.807) is 36.4 Å². The molecule has 0 bridgehead atoms. The summed E-state index contributed by atoms with van der Waals surface area (Å²) in [6.07, 6.45) is 1.94. The van der Waals surface area contributed by atoms with Crippen molar-refractivity contribution in [2.45, 2.75) is 0 Å². The van der Waals surface area contributed by atoms with E-state index in [0.717, 1.165) is 12.2 Å². The number of ether oxygens (including phenoxy) is 2. The molecule has 0 aliphatic carbocycles. The van der Waals surface area contributed by atoms with Gasteiger partial charge in [0.1, 0.15) is 11.5 Å². The first-order valence-electron chi connectivity index (χ1n) is 6.36. The van der Waals surface area contributed by atoms with Crippen LogP contribution in [-0.4, -0.2) is 11.9 Å². The summed E-state index contributed by atoms with van der Waals surface area (Å²) < 4.78 is 9.96. The number of benzene rings is 2. The Hall–Kier alpha value is -3.28. The van der Waals surface area contributed by atoms with Crippen molar-refractivity contribution in [3.8, 4) is 11.5 Å². The highest BCUT2D eigenvalue weighted by atomic mass is 16.5. The SMILES string of the molecule is Nc1cccc(OC(=O)/C=C/C(=O)Oc2cccc(N)c2)c1. The molecule has 0 heterocycles. The summed E-state index contributed by atoms with van der Waals surface area (Å²) in [7, 11) is 0. The van der Waals surface area contributed by atoms with Crippen LogP contribution in [0.25, 0.3) is 0 Å². The Labute approximate surface area is 126 Å².